The minimum absolute atomic E-state index is 0.0759. The van der Waals surface area contributed by atoms with Gasteiger partial charge in [0, 0.05) is 24.9 Å². The summed E-state index contributed by atoms with van der Waals surface area (Å²) in [5, 5.41) is 8.76. The van der Waals surface area contributed by atoms with Gasteiger partial charge in [0.2, 0.25) is 0 Å². The minimum atomic E-state index is -4.58. The number of hydrogen-bond acceptors (Lipinski definition) is 6. The van der Waals surface area contributed by atoms with E-state index in [0.29, 0.717) is 29.8 Å². The van der Waals surface area contributed by atoms with Gasteiger partial charge >= 0.3 is 12.2 Å². The van der Waals surface area contributed by atoms with E-state index in [4.69, 9.17) is 10.5 Å². The SMILES string of the molecule is COC[C@H]1CCCN1C(=O)c1cc(-c2ccc(NC(=O)Nc3cccc(C(F)(F)F)c3)c(F)c2)c2c(N)ncnn12. The van der Waals surface area contributed by atoms with E-state index in [0.717, 1.165) is 37.1 Å². The van der Waals surface area contributed by atoms with E-state index >= 15 is 4.39 Å². The zero-order valence-corrected chi connectivity index (χ0v) is 21.7. The zero-order chi connectivity index (χ0) is 29.3. The molecule has 1 saturated heterocycles. The number of amides is 3. The number of fused-ring (bicyclic) bond motifs is 1. The minimum Gasteiger partial charge on any atom is -0.383 e. The molecule has 0 radical (unpaired) electrons. The summed E-state index contributed by atoms with van der Waals surface area (Å²) in [5.74, 6) is -1.04. The predicted octanol–water partition coefficient (Wildman–Crippen LogP) is 5.03. The van der Waals surface area contributed by atoms with Crippen molar-refractivity contribution in [2.24, 2.45) is 0 Å². The van der Waals surface area contributed by atoms with E-state index in [1.807, 2.05) is 0 Å². The second-order valence-corrected chi connectivity index (χ2v) is 9.45. The van der Waals surface area contributed by atoms with Gasteiger partial charge in [-0.2, -0.15) is 18.3 Å². The summed E-state index contributed by atoms with van der Waals surface area (Å²) in [5.41, 5.74) is 6.11. The molecule has 214 valence electrons. The van der Waals surface area contributed by atoms with Gasteiger partial charge in [-0.05, 0) is 54.8 Å². The molecule has 1 aliphatic heterocycles. The van der Waals surface area contributed by atoms with Crippen LogP contribution < -0.4 is 16.4 Å². The van der Waals surface area contributed by atoms with Gasteiger partial charge in [-0.3, -0.25) is 4.79 Å². The molecule has 3 amide bonds. The molecule has 10 nitrogen and oxygen atoms in total. The number of anilines is 3. The Labute approximate surface area is 231 Å². The van der Waals surface area contributed by atoms with Crippen LogP contribution in [0.4, 0.5) is 39.5 Å². The van der Waals surface area contributed by atoms with Crippen molar-refractivity contribution in [2.45, 2.75) is 25.1 Å². The van der Waals surface area contributed by atoms with Crippen LogP contribution in [-0.4, -0.2) is 57.7 Å². The first-order valence-corrected chi connectivity index (χ1v) is 12.5. The number of urea groups is 1. The Balaban J connectivity index is 1.41. The van der Waals surface area contributed by atoms with Crippen LogP contribution in [0, 0.1) is 5.82 Å². The van der Waals surface area contributed by atoms with Crippen LogP contribution in [0.1, 0.15) is 28.9 Å². The third kappa shape index (κ3) is 5.63. The normalized spacial score (nSPS) is 15.3. The van der Waals surface area contributed by atoms with Gasteiger partial charge in [0.1, 0.15) is 23.4 Å². The average molecular weight is 572 g/mol. The summed E-state index contributed by atoms with van der Waals surface area (Å²) in [4.78, 5) is 31.6. The van der Waals surface area contributed by atoms with Gasteiger partial charge in [-0.1, -0.05) is 12.1 Å². The van der Waals surface area contributed by atoms with Crippen LogP contribution >= 0.6 is 0 Å². The predicted molar refractivity (Wildman–Crippen MR) is 143 cm³/mol. The number of nitrogens with one attached hydrogen (secondary N) is 2. The number of nitrogens with two attached hydrogens (primary N) is 1. The fraction of sp³-hybridized carbons (Fsp3) is 0.259. The molecule has 3 heterocycles. The number of alkyl halides is 3. The van der Waals surface area contributed by atoms with Crippen molar-refractivity contribution >= 4 is 34.6 Å². The molecular formula is C27H25F4N7O3. The van der Waals surface area contributed by atoms with Crippen LogP contribution in [0.15, 0.2) is 54.9 Å². The highest BCUT2D eigenvalue weighted by molar-refractivity contribution is 6.01. The molecule has 1 aliphatic rings. The van der Waals surface area contributed by atoms with Crippen LogP contribution in [0.3, 0.4) is 0 Å². The quantitative estimate of drug-likeness (QED) is 0.279. The van der Waals surface area contributed by atoms with Crippen LogP contribution in [0.5, 0.6) is 0 Å². The molecule has 0 saturated carbocycles. The van der Waals surface area contributed by atoms with Crippen LogP contribution in [0.2, 0.25) is 0 Å². The summed E-state index contributed by atoms with van der Waals surface area (Å²) in [7, 11) is 1.57. The van der Waals surface area contributed by atoms with Crippen molar-refractivity contribution in [3.63, 3.8) is 0 Å². The summed E-state index contributed by atoms with van der Waals surface area (Å²) < 4.78 is 60.7. The summed E-state index contributed by atoms with van der Waals surface area (Å²) >= 11 is 0. The number of methoxy groups -OCH3 is 1. The molecule has 41 heavy (non-hydrogen) atoms. The first kappa shape index (κ1) is 27.8. The second kappa shape index (κ2) is 11.0. The van der Waals surface area contributed by atoms with Crippen LogP contribution in [0.25, 0.3) is 16.6 Å². The highest BCUT2D eigenvalue weighted by Crippen LogP contribution is 2.34. The number of nitrogen functional groups attached to an aromatic ring is 1. The Morgan fingerprint density at radius 3 is 2.68 bits per heavy atom. The number of likely N-dealkylation sites (tertiary alicyclic amines) is 1. The Kier molecular flexibility index (Phi) is 7.49. The van der Waals surface area contributed by atoms with E-state index in [1.54, 1.807) is 18.1 Å². The topological polar surface area (TPSA) is 127 Å². The van der Waals surface area contributed by atoms with E-state index in [-0.39, 0.29) is 34.8 Å². The molecule has 2 aromatic carbocycles. The Morgan fingerprint density at radius 1 is 1.15 bits per heavy atom. The maximum Gasteiger partial charge on any atom is 0.416 e. The summed E-state index contributed by atoms with van der Waals surface area (Å²) in [6.45, 7) is 0.938. The molecule has 5 rings (SSSR count). The van der Waals surface area contributed by atoms with Gasteiger partial charge in [-0.25, -0.2) is 18.7 Å². The third-order valence-corrected chi connectivity index (χ3v) is 6.77. The molecule has 1 fully saturated rings. The fourth-order valence-corrected chi connectivity index (χ4v) is 4.90. The van der Waals surface area contributed by atoms with Crippen molar-refractivity contribution in [1.82, 2.24) is 19.5 Å². The van der Waals surface area contributed by atoms with Crippen molar-refractivity contribution in [3.8, 4) is 11.1 Å². The molecule has 0 spiro atoms. The molecular weight excluding hydrogens is 546 g/mol. The highest BCUT2D eigenvalue weighted by atomic mass is 19.4. The van der Waals surface area contributed by atoms with Crippen LogP contribution in [-0.2, 0) is 10.9 Å². The Bertz CT molecular complexity index is 1620. The Hall–Kier alpha value is -4.72. The number of ether oxygens (including phenoxy) is 1. The second-order valence-electron chi connectivity index (χ2n) is 9.45. The van der Waals surface area contributed by atoms with Gasteiger partial charge < -0.3 is 26.0 Å². The van der Waals surface area contributed by atoms with Gasteiger partial charge in [0.15, 0.2) is 5.82 Å². The molecule has 4 aromatic rings. The Morgan fingerprint density at radius 2 is 1.95 bits per heavy atom. The van der Waals surface area contributed by atoms with E-state index in [9.17, 15) is 22.8 Å². The first-order valence-electron chi connectivity index (χ1n) is 12.5. The molecule has 0 bridgehead atoms. The monoisotopic (exact) mass is 571 g/mol. The number of nitrogens with zero attached hydrogens (tertiary/aromatic N) is 4. The molecule has 1 atom stereocenters. The average Bonchev–Trinajstić information content (AvgIpc) is 3.55. The molecule has 0 aliphatic carbocycles. The molecule has 2 aromatic heterocycles. The zero-order valence-electron chi connectivity index (χ0n) is 21.7. The maximum atomic E-state index is 15.2. The van der Waals surface area contributed by atoms with Crippen molar-refractivity contribution < 1.29 is 31.9 Å². The van der Waals surface area contributed by atoms with Crippen molar-refractivity contribution in [3.05, 3.63) is 71.9 Å². The molecule has 4 N–H and O–H groups in total. The highest BCUT2D eigenvalue weighted by Gasteiger charge is 2.32. The van der Waals surface area contributed by atoms with Crippen molar-refractivity contribution in [2.75, 3.05) is 36.6 Å². The lowest BCUT2D eigenvalue weighted by molar-refractivity contribution is -0.137. The van der Waals surface area contributed by atoms with Gasteiger partial charge in [0.25, 0.3) is 5.91 Å². The van der Waals surface area contributed by atoms with Crippen molar-refractivity contribution in [1.29, 1.82) is 0 Å². The number of halogens is 4. The lowest BCUT2D eigenvalue weighted by Crippen LogP contribution is -2.38. The lowest BCUT2D eigenvalue weighted by Gasteiger charge is -2.23. The smallest absolute Gasteiger partial charge is 0.383 e. The van der Waals surface area contributed by atoms with Gasteiger partial charge in [0.05, 0.1) is 23.9 Å². The van der Waals surface area contributed by atoms with E-state index in [2.05, 4.69) is 20.7 Å². The molecule has 14 heteroatoms. The third-order valence-electron chi connectivity index (χ3n) is 6.77. The van der Waals surface area contributed by atoms with E-state index < -0.39 is 23.6 Å². The largest absolute Gasteiger partial charge is 0.416 e. The number of benzene rings is 2. The summed E-state index contributed by atoms with van der Waals surface area (Å²) in [6, 6.07) is 8.52. The first-order chi connectivity index (χ1) is 19.6. The number of hydrogen-bond donors (Lipinski definition) is 3. The molecule has 0 unspecified atom stereocenters. The number of carbonyl (C=O) groups excluding carboxylic acids is 2. The number of rotatable bonds is 6. The fourth-order valence-electron chi connectivity index (χ4n) is 4.90. The maximum absolute atomic E-state index is 15.2. The summed E-state index contributed by atoms with van der Waals surface area (Å²) in [6.07, 6.45) is -1.74. The number of carbonyl (C=O) groups is 2. The van der Waals surface area contributed by atoms with E-state index in [1.165, 1.54) is 29.0 Å². The van der Waals surface area contributed by atoms with Gasteiger partial charge in [-0.15, -0.1) is 0 Å². The number of aromatic nitrogens is 3. The standard InChI is InChI=1S/C27H25F4N7O3/c1-41-13-18-6-3-9-37(18)25(39)22-12-19(23-24(32)33-14-34-38(22)23)15-7-8-21(20(28)10-15)36-26(40)35-17-5-2-4-16(11-17)27(29,30)31/h2,4-5,7-8,10-12,14,18H,3,6,9,13H2,1H3,(H2,32,33,34)(H2,35,36,40)/t18-/m1/s1. The lowest BCUT2D eigenvalue weighted by atomic mass is 10.1.